The number of fused-ring (bicyclic) bond motifs is 1. The highest BCUT2D eigenvalue weighted by Crippen LogP contribution is 2.22. The molecule has 2 amide bonds. The van der Waals surface area contributed by atoms with Gasteiger partial charge >= 0.3 is 6.03 Å². The number of aliphatic hydroxyl groups is 1. The third-order valence-electron chi connectivity index (χ3n) is 4.04. The smallest absolute Gasteiger partial charge is 0.315 e. The Bertz CT molecular complexity index is 500. The van der Waals surface area contributed by atoms with Gasteiger partial charge in [0, 0.05) is 19.5 Å². The molecule has 1 aliphatic heterocycles. The van der Waals surface area contributed by atoms with Crippen LogP contribution in [0, 0.1) is 5.92 Å². The molecule has 124 valence electrons. The first-order valence-corrected chi connectivity index (χ1v) is 8.17. The number of carbonyl (C=O) groups is 1. The quantitative estimate of drug-likeness (QED) is 0.740. The molecule has 2 rings (SSSR count). The fraction of sp³-hybridized carbons (Fsp3) is 0.800. The van der Waals surface area contributed by atoms with Gasteiger partial charge in [-0.05, 0) is 25.2 Å². The maximum absolute atomic E-state index is 12.0. The first kappa shape index (κ1) is 16.7. The molecule has 1 aromatic rings. The summed E-state index contributed by atoms with van der Waals surface area (Å²) in [6, 6.07) is -0.299. The van der Waals surface area contributed by atoms with Crippen LogP contribution in [0.1, 0.15) is 57.7 Å². The van der Waals surface area contributed by atoms with Gasteiger partial charge in [0.1, 0.15) is 5.82 Å². The number of hydrogen-bond donors (Lipinski definition) is 3. The van der Waals surface area contributed by atoms with Gasteiger partial charge < -0.3 is 15.7 Å². The zero-order valence-corrected chi connectivity index (χ0v) is 13.7. The summed E-state index contributed by atoms with van der Waals surface area (Å²) < 4.78 is 1.90. The molecule has 0 aliphatic carbocycles. The predicted octanol–water partition coefficient (Wildman–Crippen LogP) is 1.38. The molecule has 0 saturated heterocycles. The molecule has 7 nitrogen and oxygen atoms in total. The van der Waals surface area contributed by atoms with Crippen LogP contribution in [-0.4, -0.2) is 38.6 Å². The van der Waals surface area contributed by atoms with Crippen LogP contribution >= 0.6 is 0 Å². The zero-order valence-electron chi connectivity index (χ0n) is 13.7. The molecule has 0 radical (unpaired) electrons. The number of nitrogens with one attached hydrogen (secondary N) is 2. The van der Waals surface area contributed by atoms with Gasteiger partial charge in [0.25, 0.3) is 0 Å². The van der Waals surface area contributed by atoms with Crippen molar-refractivity contribution in [3.05, 3.63) is 11.6 Å². The van der Waals surface area contributed by atoms with E-state index in [-0.39, 0.29) is 24.1 Å². The van der Waals surface area contributed by atoms with Crippen LogP contribution in [-0.2, 0) is 13.0 Å². The zero-order chi connectivity index (χ0) is 16.1. The summed E-state index contributed by atoms with van der Waals surface area (Å²) in [5, 5.41) is 19.9. The van der Waals surface area contributed by atoms with Crippen LogP contribution < -0.4 is 10.6 Å². The average Bonchev–Trinajstić information content (AvgIpc) is 2.91. The molecule has 1 aliphatic rings. The summed E-state index contributed by atoms with van der Waals surface area (Å²) in [6.07, 6.45) is 2.84. The minimum absolute atomic E-state index is 0.0865. The molecule has 7 heteroatoms. The second-order valence-corrected chi connectivity index (χ2v) is 6.16. The summed E-state index contributed by atoms with van der Waals surface area (Å²) in [5.41, 5.74) is 0. The van der Waals surface area contributed by atoms with E-state index >= 15 is 0 Å². The first-order chi connectivity index (χ1) is 10.5. The van der Waals surface area contributed by atoms with Crippen LogP contribution in [0.4, 0.5) is 4.79 Å². The highest BCUT2D eigenvalue weighted by Gasteiger charge is 2.25. The lowest BCUT2D eigenvalue weighted by Crippen LogP contribution is -2.41. The Hall–Kier alpha value is -1.63. The Morgan fingerprint density at radius 1 is 1.50 bits per heavy atom. The van der Waals surface area contributed by atoms with Gasteiger partial charge in [-0.25, -0.2) is 14.5 Å². The number of amides is 2. The lowest BCUT2D eigenvalue weighted by atomic mass is 10.0. The Balaban J connectivity index is 1.84. The van der Waals surface area contributed by atoms with Gasteiger partial charge in [-0.15, -0.1) is 0 Å². The van der Waals surface area contributed by atoms with Crippen LogP contribution in [0.2, 0.25) is 0 Å². The Morgan fingerprint density at radius 3 is 2.95 bits per heavy atom. The van der Waals surface area contributed by atoms with Crippen LogP contribution in [0.15, 0.2) is 0 Å². The van der Waals surface area contributed by atoms with Gasteiger partial charge in [-0.2, -0.15) is 5.10 Å². The fourth-order valence-corrected chi connectivity index (χ4v) is 2.56. The van der Waals surface area contributed by atoms with Crippen LogP contribution in [0.5, 0.6) is 0 Å². The van der Waals surface area contributed by atoms with Crippen molar-refractivity contribution >= 4 is 6.03 Å². The van der Waals surface area contributed by atoms with E-state index in [0.29, 0.717) is 13.0 Å². The van der Waals surface area contributed by atoms with Crippen molar-refractivity contribution in [1.82, 2.24) is 25.4 Å². The van der Waals surface area contributed by atoms with E-state index in [1.54, 1.807) is 0 Å². The molecule has 2 unspecified atom stereocenters. The number of hydrogen-bond acceptors (Lipinski definition) is 4. The molecule has 0 fully saturated rings. The molecule has 0 aromatic carbocycles. The number of aryl methyl sites for hydroxylation is 2. The second kappa shape index (κ2) is 7.58. The van der Waals surface area contributed by atoms with E-state index in [0.717, 1.165) is 37.5 Å². The predicted molar refractivity (Wildman–Crippen MR) is 83.4 cm³/mol. The number of carbonyl (C=O) groups excluding carboxylic acids is 1. The SMILES string of the molecule is CCc1nc2n(n1)CCCC2NC(=O)NCCC(O)C(C)C. The van der Waals surface area contributed by atoms with Crippen molar-refractivity contribution in [2.45, 2.75) is 65.1 Å². The summed E-state index contributed by atoms with van der Waals surface area (Å²) in [7, 11) is 0. The maximum atomic E-state index is 12.0. The second-order valence-electron chi connectivity index (χ2n) is 6.16. The number of aromatic nitrogens is 3. The van der Waals surface area contributed by atoms with E-state index < -0.39 is 0 Å². The molecule has 22 heavy (non-hydrogen) atoms. The molecule has 0 bridgehead atoms. The van der Waals surface area contributed by atoms with Gasteiger partial charge in [-0.1, -0.05) is 20.8 Å². The molecular weight excluding hydrogens is 282 g/mol. The maximum Gasteiger partial charge on any atom is 0.315 e. The number of aliphatic hydroxyl groups excluding tert-OH is 1. The van der Waals surface area contributed by atoms with E-state index in [2.05, 4.69) is 20.7 Å². The number of rotatable bonds is 6. The van der Waals surface area contributed by atoms with Crippen molar-refractivity contribution in [1.29, 1.82) is 0 Å². The highest BCUT2D eigenvalue weighted by atomic mass is 16.3. The van der Waals surface area contributed by atoms with E-state index in [1.807, 2.05) is 25.5 Å². The van der Waals surface area contributed by atoms with Gasteiger partial charge in [0.2, 0.25) is 0 Å². The molecule has 1 aromatic heterocycles. The first-order valence-electron chi connectivity index (χ1n) is 8.17. The minimum atomic E-state index is -0.384. The Kier molecular flexibility index (Phi) is 5.76. The van der Waals surface area contributed by atoms with Crippen molar-refractivity contribution in [2.24, 2.45) is 5.92 Å². The number of urea groups is 1. The third-order valence-corrected chi connectivity index (χ3v) is 4.04. The summed E-state index contributed by atoms with van der Waals surface area (Å²) in [6.45, 7) is 7.28. The monoisotopic (exact) mass is 309 g/mol. The topological polar surface area (TPSA) is 92.1 Å². The van der Waals surface area contributed by atoms with Crippen molar-refractivity contribution in [3.63, 3.8) is 0 Å². The van der Waals surface area contributed by atoms with Crippen LogP contribution in [0.3, 0.4) is 0 Å². The average molecular weight is 309 g/mol. The van der Waals surface area contributed by atoms with Crippen LogP contribution in [0.25, 0.3) is 0 Å². The van der Waals surface area contributed by atoms with E-state index in [9.17, 15) is 9.90 Å². The number of nitrogens with zero attached hydrogens (tertiary/aromatic N) is 3. The largest absolute Gasteiger partial charge is 0.393 e. The van der Waals surface area contributed by atoms with Crippen molar-refractivity contribution < 1.29 is 9.90 Å². The molecule has 0 saturated carbocycles. The van der Waals surface area contributed by atoms with Crippen molar-refractivity contribution in [3.8, 4) is 0 Å². The van der Waals surface area contributed by atoms with E-state index in [4.69, 9.17) is 0 Å². The van der Waals surface area contributed by atoms with Crippen molar-refractivity contribution in [2.75, 3.05) is 6.54 Å². The lowest BCUT2D eigenvalue weighted by molar-refractivity contribution is 0.116. The molecule has 2 atom stereocenters. The highest BCUT2D eigenvalue weighted by molar-refractivity contribution is 5.74. The fourth-order valence-electron chi connectivity index (χ4n) is 2.56. The molecular formula is C15H27N5O2. The molecule has 3 N–H and O–H groups in total. The summed E-state index contributed by atoms with van der Waals surface area (Å²) in [5.74, 6) is 1.87. The van der Waals surface area contributed by atoms with E-state index in [1.165, 1.54) is 0 Å². The lowest BCUT2D eigenvalue weighted by Gasteiger charge is -2.23. The molecule has 2 heterocycles. The summed E-state index contributed by atoms with van der Waals surface area (Å²) in [4.78, 5) is 16.5. The normalized spacial score (nSPS) is 18.9. The third kappa shape index (κ3) is 4.19. The minimum Gasteiger partial charge on any atom is -0.393 e. The van der Waals surface area contributed by atoms with Gasteiger partial charge in [0.15, 0.2) is 5.82 Å². The Labute approximate surface area is 131 Å². The standard InChI is InChI=1S/C15H27N5O2/c1-4-13-18-14-11(6-5-9-20(14)19-13)17-15(22)16-8-7-12(21)10(2)3/h10-12,21H,4-9H2,1-3H3,(H2,16,17,22). The van der Waals surface area contributed by atoms with Gasteiger partial charge in [0.05, 0.1) is 12.1 Å². The Morgan fingerprint density at radius 2 is 2.27 bits per heavy atom. The van der Waals surface area contributed by atoms with Gasteiger partial charge in [-0.3, -0.25) is 0 Å². The summed E-state index contributed by atoms with van der Waals surface area (Å²) >= 11 is 0. The molecule has 0 spiro atoms.